The molecule has 0 spiro atoms. The predicted molar refractivity (Wildman–Crippen MR) is 131 cm³/mol. The first-order valence-electron chi connectivity index (χ1n) is 11.2. The lowest BCUT2D eigenvalue weighted by atomic mass is 9.96. The zero-order valence-electron chi connectivity index (χ0n) is 19.6. The number of amides is 1. The fourth-order valence-corrected chi connectivity index (χ4v) is 5.30. The monoisotopic (exact) mass is 469 g/mol. The lowest BCUT2D eigenvalue weighted by Crippen LogP contribution is -2.46. The summed E-state index contributed by atoms with van der Waals surface area (Å²) in [5, 5.41) is 3.94. The minimum atomic E-state index is -0.250. The first kappa shape index (κ1) is 23.4. The van der Waals surface area contributed by atoms with Gasteiger partial charge in [-0.25, -0.2) is 0 Å². The summed E-state index contributed by atoms with van der Waals surface area (Å²) in [7, 11) is 5.47. The fraction of sp³-hybridized carbons (Fsp3) is 0.400. The van der Waals surface area contributed by atoms with Crippen molar-refractivity contribution < 1.29 is 18.7 Å². The molecule has 0 unspecified atom stereocenters. The standard InChI is InChI=1S/C25H31N3O4S/c1-5-17-16-19(25(33-17)26-24(29)21-10-7-15-32-21)22(28-13-11-27(2)12-14-28)18-8-6-9-20(30-3)23(18)31-4/h6-10,15-16,22H,5,11-14H2,1-4H3,(H,26,29)/t22-/m1/s1. The van der Waals surface area contributed by atoms with Gasteiger partial charge in [-0.3, -0.25) is 9.69 Å². The summed E-state index contributed by atoms with van der Waals surface area (Å²) in [4.78, 5) is 18.9. The molecule has 1 saturated heterocycles. The number of carbonyl (C=O) groups excluding carboxylic acids is 1. The Hall–Kier alpha value is -2.81. The summed E-state index contributed by atoms with van der Waals surface area (Å²) in [5.74, 6) is 1.46. The fourth-order valence-electron chi connectivity index (χ4n) is 4.27. The molecule has 3 aromatic rings. The van der Waals surface area contributed by atoms with Gasteiger partial charge in [0.05, 0.1) is 26.5 Å². The number of para-hydroxylation sites is 1. The van der Waals surface area contributed by atoms with E-state index in [-0.39, 0.29) is 11.9 Å². The molecular formula is C25H31N3O4S. The Balaban J connectivity index is 1.81. The molecule has 0 bridgehead atoms. The number of piperazine rings is 1. The number of ether oxygens (including phenoxy) is 2. The topological polar surface area (TPSA) is 67.2 Å². The third-order valence-corrected chi connectivity index (χ3v) is 7.27. The molecule has 1 aliphatic rings. The number of likely N-dealkylation sites (N-methyl/N-ethyl adjacent to an activating group) is 1. The first-order valence-corrected chi connectivity index (χ1v) is 12.0. The van der Waals surface area contributed by atoms with E-state index >= 15 is 0 Å². The largest absolute Gasteiger partial charge is 0.493 e. The minimum absolute atomic E-state index is 0.0906. The molecule has 176 valence electrons. The lowest BCUT2D eigenvalue weighted by Gasteiger charge is -2.39. The van der Waals surface area contributed by atoms with E-state index in [4.69, 9.17) is 13.9 Å². The van der Waals surface area contributed by atoms with Crippen LogP contribution in [0.4, 0.5) is 5.00 Å². The van der Waals surface area contributed by atoms with Crippen LogP contribution in [0.5, 0.6) is 11.5 Å². The number of hydrogen-bond acceptors (Lipinski definition) is 7. The number of aryl methyl sites for hydroxylation is 1. The van der Waals surface area contributed by atoms with Gasteiger partial charge in [0.2, 0.25) is 0 Å². The van der Waals surface area contributed by atoms with E-state index in [2.05, 4.69) is 41.2 Å². The van der Waals surface area contributed by atoms with Gasteiger partial charge in [-0.05, 0) is 37.7 Å². The van der Waals surface area contributed by atoms with Crippen molar-refractivity contribution in [1.29, 1.82) is 0 Å². The van der Waals surface area contributed by atoms with E-state index in [1.165, 1.54) is 11.1 Å². The smallest absolute Gasteiger partial charge is 0.291 e. The van der Waals surface area contributed by atoms with Crippen molar-refractivity contribution in [2.24, 2.45) is 0 Å². The van der Waals surface area contributed by atoms with Crippen LogP contribution in [0.25, 0.3) is 0 Å². The molecule has 1 fully saturated rings. The Morgan fingerprint density at radius 1 is 1.12 bits per heavy atom. The zero-order valence-corrected chi connectivity index (χ0v) is 20.4. The van der Waals surface area contributed by atoms with Crippen molar-refractivity contribution in [3.63, 3.8) is 0 Å². The second-order valence-corrected chi connectivity index (χ2v) is 9.24. The molecule has 0 saturated carbocycles. The van der Waals surface area contributed by atoms with Gasteiger partial charge in [0, 0.05) is 42.2 Å². The van der Waals surface area contributed by atoms with Crippen molar-refractivity contribution >= 4 is 22.2 Å². The van der Waals surface area contributed by atoms with Crippen molar-refractivity contribution in [3.8, 4) is 11.5 Å². The molecule has 8 heteroatoms. The summed E-state index contributed by atoms with van der Waals surface area (Å²) in [5.41, 5.74) is 2.09. The number of rotatable bonds is 8. The van der Waals surface area contributed by atoms with Crippen LogP contribution in [-0.4, -0.2) is 63.2 Å². The molecule has 1 atom stereocenters. The summed E-state index contributed by atoms with van der Waals surface area (Å²) < 4.78 is 16.8. The van der Waals surface area contributed by atoms with Crippen molar-refractivity contribution in [2.45, 2.75) is 19.4 Å². The average Bonchev–Trinajstić information content (AvgIpc) is 3.51. The molecule has 0 aliphatic carbocycles. The maximum Gasteiger partial charge on any atom is 0.291 e. The Bertz CT molecular complexity index is 1070. The predicted octanol–water partition coefficient (Wildman–Crippen LogP) is 4.51. The zero-order chi connectivity index (χ0) is 23.4. The Kier molecular flexibility index (Phi) is 7.37. The van der Waals surface area contributed by atoms with Crippen LogP contribution in [0.3, 0.4) is 0 Å². The highest BCUT2D eigenvalue weighted by atomic mass is 32.1. The van der Waals surface area contributed by atoms with E-state index in [1.54, 1.807) is 37.7 Å². The van der Waals surface area contributed by atoms with Crippen LogP contribution < -0.4 is 14.8 Å². The second-order valence-electron chi connectivity index (χ2n) is 8.11. The van der Waals surface area contributed by atoms with Gasteiger partial charge in [0.25, 0.3) is 5.91 Å². The number of furan rings is 1. The Morgan fingerprint density at radius 3 is 2.55 bits per heavy atom. The SMILES string of the molecule is CCc1cc([C@@H](c2cccc(OC)c2OC)N2CCN(C)CC2)c(NC(=O)c2ccco2)s1. The van der Waals surface area contributed by atoms with E-state index < -0.39 is 0 Å². The number of benzene rings is 1. The van der Waals surface area contributed by atoms with Crippen LogP contribution in [0.2, 0.25) is 0 Å². The van der Waals surface area contributed by atoms with E-state index in [0.29, 0.717) is 11.5 Å². The van der Waals surface area contributed by atoms with E-state index in [9.17, 15) is 4.79 Å². The Labute approximate surface area is 198 Å². The maximum absolute atomic E-state index is 12.9. The molecule has 33 heavy (non-hydrogen) atoms. The van der Waals surface area contributed by atoms with Gasteiger partial charge in [-0.1, -0.05) is 19.1 Å². The highest BCUT2D eigenvalue weighted by Crippen LogP contribution is 2.45. The third-order valence-electron chi connectivity index (χ3n) is 6.06. The van der Waals surface area contributed by atoms with E-state index in [1.807, 2.05) is 12.1 Å². The quantitative estimate of drug-likeness (QED) is 0.524. The maximum atomic E-state index is 12.9. The van der Waals surface area contributed by atoms with Crippen LogP contribution >= 0.6 is 11.3 Å². The van der Waals surface area contributed by atoms with Crippen LogP contribution in [-0.2, 0) is 6.42 Å². The number of anilines is 1. The van der Waals surface area contributed by atoms with Crippen LogP contribution in [0.1, 0.15) is 39.5 Å². The minimum Gasteiger partial charge on any atom is -0.493 e. The molecule has 2 aromatic heterocycles. The van der Waals surface area contributed by atoms with Gasteiger partial charge in [-0.15, -0.1) is 11.3 Å². The molecule has 1 aromatic carbocycles. The number of nitrogens with one attached hydrogen (secondary N) is 1. The molecule has 1 aliphatic heterocycles. The molecule has 1 amide bonds. The van der Waals surface area contributed by atoms with Crippen molar-refractivity contribution in [2.75, 3.05) is 52.8 Å². The van der Waals surface area contributed by atoms with Crippen molar-refractivity contribution in [3.05, 3.63) is 64.4 Å². The van der Waals surface area contributed by atoms with Crippen LogP contribution in [0.15, 0.2) is 47.1 Å². The molecular weight excluding hydrogens is 438 g/mol. The lowest BCUT2D eigenvalue weighted by molar-refractivity contribution is 0.0996. The molecule has 1 N–H and O–H groups in total. The van der Waals surface area contributed by atoms with Crippen LogP contribution in [0, 0.1) is 0 Å². The third kappa shape index (κ3) is 4.93. The normalized spacial score (nSPS) is 15.9. The summed E-state index contributed by atoms with van der Waals surface area (Å²) in [6, 6.07) is 11.5. The highest BCUT2D eigenvalue weighted by molar-refractivity contribution is 7.16. The van der Waals surface area contributed by atoms with Gasteiger partial charge in [0.15, 0.2) is 17.3 Å². The first-order chi connectivity index (χ1) is 16.0. The van der Waals surface area contributed by atoms with E-state index in [0.717, 1.165) is 54.5 Å². The van der Waals surface area contributed by atoms with Gasteiger partial charge < -0.3 is 24.1 Å². The van der Waals surface area contributed by atoms with Gasteiger partial charge in [-0.2, -0.15) is 0 Å². The summed E-state index contributed by atoms with van der Waals surface area (Å²) in [6.45, 7) is 5.89. The number of methoxy groups -OCH3 is 2. The number of hydrogen-bond donors (Lipinski definition) is 1. The molecule has 3 heterocycles. The van der Waals surface area contributed by atoms with Gasteiger partial charge >= 0.3 is 0 Å². The molecule has 7 nitrogen and oxygen atoms in total. The average molecular weight is 470 g/mol. The summed E-state index contributed by atoms with van der Waals surface area (Å²) in [6.07, 6.45) is 2.40. The second kappa shape index (κ2) is 10.4. The number of nitrogens with zero attached hydrogens (tertiary/aromatic N) is 2. The number of carbonyl (C=O) groups is 1. The molecule has 0 radical (unpaired) electrons. The Morgan fingerprint density at radius 2 is 1.91 bits per heavy atom. The van der Waals surface area contributed by atoms with Gasteiger partial charge in [0.1, 0.15) is 5.00 Å². The number of thiophene rings is 1. The molecule has 4 rings (SSSR count). The highest BCUT2D eigenvalue weighted by Gasteiger charge is 2.32. The summed E-state index contributed by atoms with van der Waals surface area (Å²) >= 11 is 1.61. The van der Waals surface area contributed by atoms with Crippen molar-refractivity contribution in [1.82, 2.24) is 9.80 Å².